The zero-order chi connectivity index (χ0) is 11.6. The van der Waals surface area contributed by atoms with E-state index in [1.54, 1.807) is 20.3 Å². The zero-order valence-electron chi connectivity index (χ0n) is 9.47. The lowest BCUT2D eigenvalue weighted by atomic mass is 9.92. The van der Waals surface area contributed by atoms with Crippen molar-refractivity contribution in [1.29, 1.82) is 0 Å². The molecule has 0 fully saturated rings. The Balaban J connectivity index is 2.49. The maximum absolute atomic E-state index is 11.6. The predicted molar refractivity (Wildman–Crippen MR) is 61.2 cm³/mol. The molecule has 0 radical (unpaired) electrons. The summed E-state index contributed by atoms with van der Waals surface area (Å²) in [6.07, 6.45) is 10.2. The quantitative estimate of drug-likeness (QED) is 0.402. The summed E-state index contributed by atoms with van der Waals surface area (Å²) < 4.78 is 11.7. The molecular formula is C12H15NO3. The van der Waals surface area contributed by atoms with E-state index in [1.165, 1.54) is 6.21 Å². The molecule has 0 aromatic rings. The maximum atomic E-state index is 11.6. The molecule has 0 saturated carbocycles. The Hall–Kier alpha value is -1.39. The van der Waals surface area contributed by atoms with Crippen LogP contribution in [0.5, 0.6) is 0 Å². The molecule has 0 aromatic heterocycles. The van der Waals surface area contributed by atoms with Crippen molar-refractivity contribution in [2.75, 3.05) is 20.8 Å². The molecule has 1 aliphatic carbocycles. The van der Waals surface area contributed by atoms with Crippen LogP contribution >= 0.6 is 0 Å². The van der Waals surface area contributed by atoms with Crippen LogP contribution in [-0.2, 0) is 9.47 Å². The van der Waals surface area contributed by atoms with E-state index in [0.717, 1.165) is 22.3 Å². The second-order valence-electron chi connectivity index (χ2n) is 3.76. The molecule has 4 nitrogen and oxygen atoms in total. The first-order valence-electron chi connectivity index (χ1n) is 5.18. The zero-order valence-corrected chi connectivity index (χ0v) is 9.47. The van der Waals surface area contributed by atoms with E-state index in [9.17, 15) is 5.21 Å². The summed E-state index contributed by atoms with van der Waals surface area (Å²) in [5.74, 6) is -0.967. The van der Waals surface area contributed by atoms with E-state index in [2.05, 4.69) is 0 Å². The van der Waals surface area contributed by atoms with Crippen LogP contribution in [-0.4, -0.2) is 37.5 Å². The van der Waals surface area contributed by atoms with Gasteiger partial charge in [-0.05, 0) is 12.0 Å². The molecule has 0 N–H and O–H groups in total. The summed E-state index contributed by atoms with van der Waals surface area (Å²) in [5, 5.41) is 11.6. The van der Waals surface area contributed by atoms with Gasteiger partial charge in [-0.3, -0.25) is 0 Å². The normalized spacial score (nSPS) is 22.8. The van der Waals surface area contributed by atoms with Gasteiger partial charge in [0.2, 0.25) is 6.54 Å². The Morgan fingerprint density at radius 2 is 2.12 bits per heavy atom. The van der Waals surface area contributed by atoms with Crippen LogP contribution in [0.25, 0.3) is 0 Å². The monoisotopic (exact) mass is 221 g/mol. The van der Waals surface area contributed by atoms with Crippen molar-refractivity contribution in [3.8, 4) is 0 Å². The summed E-state index contributed by atoms with van der Waals surface area (Å²) >= 11 is 0. The lowest BCUT2D eigenvalue weighted by Gasteiger charge is -2.31. The van der Waals surface area contributed by atoms with E-state index >= 15 is 0 Å². The Morgan fingerprint density at radius 3 is 2.81 bits per heavy atom. The molecule has 0 spiro atoms. The van der Waals surface area contributed by atoms with Gasteiger partial charge in [0, 0.05) is 25.9 Å². The number of hydrogen-bond acceptors (Lipinski definition) is 3. The first-order chi connectivity index (χ1) is 7.72. The Bertz CT molecular complexity index is 400. The van der Waals surface area contributed by atoms with E-state index in [1.807, 2.05) is 18.2 Å². The van der Waals surface area contributed by atoms with Crippen LogP contribution < -0.4 is 0 Å². The number of hydroxylamine groups is 1. The van der Waals surface area contributed by atoms with Gasteiger partial charge in [0.15, 0.2) is 6.21 Å². The summed E-state index contributed by atoms with van der Waals surface area (Å²) in [5.41, 5.74) is 1.89. The molecule has 0 amide bonds. The summed E-state index contributed by atoms with van der Waals surface area (Å²) in [7, 11) is 3.11. The average Bonchev–Trinajstić information content (AvgIpc) is 2.47. The molecule has 2 aliphatic rings. The largest absolute Gasteiger partial charge is 0.624 e. The molecule has 2 rings (SSSR count). The van der Waals surface area contributed by atoms with Crippen LogP contribution in [0.2, 0.25) is 0 Å². The highest BCUT2D eigenvalue weighted by molar-refractivity contribution is 5.72. The Labute approximate surface area is 94.8 Å². The van der Waals surface area contributed by atoms with Gasteiger partial charge in [-0.2, -0.15) is 0 Å². The van der Waals surface area contributed by atoms with Crippen molar-refractivity contribution in [2.45, 2.75) is 12.2 Å². The fraction of sp³-hybridized carbons (Fsp3) is 0.417. The number of fused-ring (bicyclic) bond motifs is 1. The molecular weight excluding hydrogens is 206 g/mol. The molecule has 1 aliphatic heterocycles. The van der Waals surface area contributed by atoms with E-state index < -0.39 is 5.79 Å². The molecule has 4 heteroatoms. The van der Waals surface area contributed by atoms with Crippen molar-refractivity contribution in [3.63, 3.8) is 0 Å². The second kappa shape index (κ2) is 4.23. The van der Waals surface area contributed by atoms with Crippen molar-refractivity contribution >= 4 is 6.21 Å². The van der Waals surface area contributed by atoms with Gasteiger partial charge >= 0.3 is 0 Å². The number of rotatable bonds is 2. The van der Waals surface area contributed by atoms with Crippen LogP contribution in [0.15, 0.2) is 35.5 Å². The lowest BCUT2D eigenvalue weighted by molar-refractivity contribution is -0.491. The average molecular weight is 221 g/mol. The van der Waals surface area contributed by atoms with Crippen LogP contribution in [0.1, 0.15) is 6.42 Å². The molecule has 0 atom stereocenters. The molecule has 0 bridgehead atoms. The van der Waals surface area contributed by atoms with Gasteiger partial charge in [0.1, 0.15) is 0 Å². The standard InChI is InChI=1S/C12H15NO3/c1-15-12(16-2)9-13(14)8-7-10-5-3-4-6-11(10)12/h3,5-8H,4,9H2,1-2H3. The first kappa shape index (κ1) is 11.1. The van der Waals surface area contributed by atoms with Gasteiger partial charge < -0.3 is 14.7 Å². The van der Waals surface area contributed by atoms with Crippen LogP contribution in [0.4, 0.5) is 0 Å². The van der Waals surface area contributed by atoms with Crippen molar-refractivity contribution in [3.05, 3.63) is 40.7 Å². The predicted octanol–water partition coefficient (Wildman–Crippen LogP) is 1.38. The highest BCUT2D eigenvalue weighted by atomic mass is 16.7. The van der Waals surface area contributed by atoms with E-state index in [4.69, 9.17) is 9.47 Å². The van der Waals surface area contributed by atoms with Gasteiger partial charge in [-0.25, -0.2) is 4.74 Å². The minimum Gasteiger partial charge on any atom is -0.624 e. The number of methoxy groups -OCH3 is 2. The Morgan fingerprint density at radius 1 is 1.38 bits per heavy atom. The minimum atomic E-state index is -0.967. The van der Waals surface area contributed by atoms with Crippen molar-refractivity contribution in [1.82, 2.24) is 0 Å². The summed E-state index contributed by atoms with van der Waals surface area (Å²) in [4.78, 5) is 0. The first-order valence-corrected chi connectivity index (χ1v) is 5.18. The number of allylic oxidation sites excluding steroid dienone is 4. The molecule has 0 saturated heterocycles. The molecule has 1 heterocycles. The Kier molecular flexibility index (Phi) is 2.94. The van der Waals surface area contributed by atoms with Crippen molar-refractivity contribution < 1.29 is 14.2 Å². The third kappa shape index (κ3) is 1.70. The van der Waals surface area contributed by atoms with Crippen LogP contribution in [0, 0.1) is 5.21 Å². The number of nitrogens with zero attached hydrogens (tertiary/aromatic N) is 1. The summed E-state index contributed by atoms with van der Waals surface area (Å²) in [6.45, 7) is 0.139. The fourth-order valence-corrected chi connectivity index (χ4v) is 2.05. The minimum absolute atomic E-state index is 0.139. The fourth-order valence-electron chi connectivity index (χ4n) is 2.05. The molecule has 16 heavy (non-hydrogen) atoms. The molecule has 0 aromatic carbocycles. The van der Waals surface area contributed by atoms with Gasteiger partial charge in [0.25, 0.3) is 5.79 Å². The van der Waals surface area contributed by atoms with E-state index in [-0.39, 0.29) is 6.54 Å². The third-order valence-corrected chi connectivity index (χ3v) is 2.92. The molecule has 86 valence electrons. The van der Waals surface area contributed by atoms with E-state index in [0.29, 0.717) is 0 Å². The van der Waals surface area contributed by atoms with Crippen molar-refractivity contribution in [2.24, 2.45) is 0 Å². The smallest absolute Gasteiger partial charge is 0.257 e. The SMILES string of the molecule is COC1(OC)C[N+]([O-])=CC=C2C=CCC=C21. The maximum Gasteiger partial charge on any atom is 0.257 e. The van der Waals surface area contributed by atoms with Gasteiger partial charge in [-0.1, -0.05) is 18.2 Å². The third-order valence-electron chi connectivity index (χ3n) is 2.92. The highest BCUT2D eigenvalue weighted by Crippen LogP contribution is 2.33. The number of ether oxygens (including phenoxy) is 2. The highest BCUT2D eigenvalue weighted by Gasteiger charge is 2.41. The van der Waals surface area contributed by atoms with Gasteiger partial charge in [0.05, 0.1) is 0 Å². The summed E-state index contributed by atoms with van der Waals surface area (Å²) in [6, 6.07) is 0. The second-order valence-corrected chi connectivity index (χ2v) is 3.76. The van der Waals surface area contributed by atoms with Crippen LogP contribution in [0.3, 0.4) is 0 Å². The van der Waals surface area contributed by atoms with Gasteiger partial charge in [-0.15, -0.1) is 0 Å². The number of hydrogen-bond donors (Lipinski definition) is 0. The topological polar surface area (TPSA) is 44.5 Å². The lowest BCUT2D eigenvalue weighted by Crippen LogP contribution is -2.43. The molecule has 0 unspecified atom stereocenters.